The molecule has 0 amide bonds. The van der Waals surface area contributed by atoms with Crippen molar-refractivity contribution in [2.75, 3.05) is 0 Å². The van der Waals surface area contributed by atoms with Crippen LogP contribution in [0.3, 0.4) is 0 Å². The second-order valence-electron chi connectivity index (χ2n) is 39.6. The van der Waals surface area contributed by atoms with Crippen LogP contribution >= 0.6 is 0 Å². The first-order chi connectivity index (χ1) is 74.2. The van der Waals surface area contributed by atoms with E-state index in [0.717, 1.165) is 67.4 Å². The van der Waals surface area contributed by atoms with Crippen molar-refractivity contribution in [3.63, 3.8) is 0 Å². The number of nitrogens with zero attached hydrogens (tertiary/aromatic N) is 6. The molecule has 2 aliphatic rings. The van der Waals surface area contributed by atoms with Gasteiger partial charge < -0.3 is 0 Å². The Bertz CT molecular complexity index is 9870. The maximum atomic E-state index is 4.87. The van der Waals surface area contributed by atoms with Crippen LogP contribution in [0.25, 0.3) is 243 Å². The molecule has 6 aromatic heterocycles. The second-order valence-corrected chi connectivity index (χ2v) is 39.6. The van der Waals surface area contributed by atoms with Gasteiger partial charge in [0, 0.05) is 71.0 Å². The minimum atomic E-state index is -0.494. The molecule has 2 aliphatic carbocycles. The van der Waals surface area contributed by atoms with Gasteiger partial charge in [-0.05, 0) is 310 Å². The Hall–Kier alpha value is -19.4. The molecule has 150 heavy (non-hydrogen) atoms. The molecule has 0 fully saturated rings. The van der Waals surface area contributed by atoms with Crippen molar-refractivity contribution in [1.82, 2.24) is 29.9 Å². The number of pyridine rings is 6. The van der Waals surface area contributed by atoms with Crippen LogP contribution in [0.1, 0.15) is 47.2 Å². The number of hydrogen-bond donors (Lipinski definition) is 0. The third kappa shape index (κ3) is 15.4. The summed E-state index contributed by atoms with van der Waals surface area (Å²) in [5.74, 6) is 0. The number of aromatic nitrogens is 6. The Labute approximate surface area is 871 Å². The first kappa shape index (κ1) is 89.4. The predicted octanol–water partition coefficient (Wildman–Crippen LogP) is 37.3. The molecule has 29 rings (SSSR count). The van der Waals surface area contributed by atoms with Crippen LogP contribution in [-0.4, -0.2) is 29.9 Å². The minimum absolute atomic E-state index is 0.0703. The van der Waals surface area contributed by atoms with E-state index in [0.29, 0.717) is 0 Å². The van der Waals surface area contributed by atoms with Crippen molar-refractivity contribution in [2.24, 2.45) is 0 Å². The Kier molecular flexibility index (Phi) is 22.5. The lowest BCUT2D eigenvalue weighted by atomic mass is 9.67. The molecule has 0 bridgehead atoms. The van der Waals surface area contributed by atoms with Crippen LogP contribution in [0.5, 0.6) is 0 Å². The number of benzene rings is 21. The average molecular weight is 1910 g/mol. The van der Waals surface area contributed by atoms with E-state index < -0.39 is 5.41 Å². The maximum Gasteiger partial charge on any atom is 0.0886 e. The van der Waals surface area contributed by atoms with Crippen molar-refractivity contribution in [2.45, 2.75) is 24.7 Å². The lowest BCUT2D eigenvalue weighted by Gasteiger charge is -2.34. The normalized spacial score (nSPS) is 12.4. The highest BCUT2D eigenvalue weighted by atomic mass is 14.8. The summed E-state index contributed by atoms with van der Waals surface area (Å²) in [5, 5.41) is 19.9. The second kappa shape index (κ2) is 37.6. The molecular formula is C144H96N6. The van der Waals surface area contributed by atoms with E-state index in [9.17, 15) is 0 Å². The molecule has 0 aliphatic heterocycles. The van der Waals surface area contributed by atoms with Crippen LogP contribution in [0, 0.1) is 0 Å². The van der Waals surface area contributed by atoms with Crippen LogP contribution < -0.4 is 0 Å². The van der Waals surface area contributed by atoms with Crippen molar-refractivity contribution >= 4 is 86.2 Å². The summed E-state index contributed by atoms with van der Waals surface area (Å²) in [4.78, 5) is 27.8. The molecule has 702 valence electrons. The zero-order chi connectivity index (χ0) is 99.7. The van der Waals surface area contributed by atoms with Gasteiger partial charge in [-0.15, -0.1) is 0 Å². The first-order valence-corrected chi connectivity index (χ1v) is 51.5. The molecule has 6 heteroatoms. The Morgan fingerprint density at radius 3 is 0.920 bits per heavy atom. The van der Waals surface area contributed by atoms with Gasteiger partial charge in [-0.3, -0.25) is 29.9 Å². The molecule has 6 nitrogen and oxygen atoms in total. The third-order valence-electron chi connectivity index (χ3n) is 31.0. The summed E-state index contributed by atoms with van der Waals surface area (Å²) in [5.41, 5.74) is 39.5. The standard InChI is InChI=1S/C55H36N2.C45H32N2.C44H28N2/c1-4-16-37(17-5-1)53-45-23-10-11-24-46(45)54(48-34-38(27-31-47(48)53)40-29-32-52(57-36-40)51-26-14-15-33-56-51)39-28-30-44-43-22-12-13-25-49(43)55(50(44)35-39,41-18-6-2-7-19-41)42-20-8-3-9-21-42;1-45(2)39-17-9-8-14-33(39)34-22-20-31(27-40(34)45)44-36-16-7-6-15-35(36)43(29-12-4-3-5-13-29)38-26-30(19-23-37(38)44)32-21-24-42(47-28-32)41-18-10-11-25-46-41;1-3-15-34-29(10-1)12-7-19-36(34)43-38-17-5-6-18-39(38)44(37-20-8-13-30-11-2-4-16-35(30)37)41-26-31(21-23-40(41)43)32-22-24-42(46-28-32)33-14-9-25-45-27-33/h1-36H;3-28H,1-2H3;1-28H. The lowest BCUT2D eigenvalue weighted by molar-refractivity contribution is 0.660. The largest absolute Gasteiger partial charge is 0.264 e. The van der Waals surface area contributed by atoms with E-state index in [1.807, 2.05) is 85.7 Å². The SMILES string of the molecule is CC1(C)c2ccccc2-c2ccc(-c3c4ccccc4c(-c4ccccc4)c4cc(-c5ccc(-c6ccccn6)nc5)ccc34)cc21.c1ccc(-c2c3ccccc3c(-c3ccc4c(c3)C(c3ccccc3)(c3ccccc3)c3ccccc3-4)c3cc(-c4ccc(-c5ccccn5)nc4)ccc23)cc1.c1cncc(-c2ccc(-c3ccc4c(-c5cccc6ccccc56)c5ccccc5c(-c5cccc6ccccc56)c4c3)cn2)c1. The molecule has 0 radical (unpaired) electrons. The molecule has 21 aromatic carbocycles. The van der Waals surface area contributed by atoms with Gasteiger partial charge in [0.2, 0.25) is 0 Å². The molecule has 0 N–H and O–H groups in total. The van der Waals surface area contributed by atoms with Crippen LogP contribution in [0.15, 0.2) is 547 Å². The van der Waals surface area contributed by atoms with E-state index >= 15 is 0 Å². The van der Waals surface area contributed by atoms with Gasteiger partial charge in [-0.2, -0.15) is 0 Å². The van der Waals surface area contributed by atoms with Crippen LogP contribution in [-0.2, 0) is 10.8 Å². The van der Waals surface area contributed by atoms with Crippen molar-refractivity contribution in [3.05, 3.63) is 580 Å². The van der Waals surface area contributed by atoms with Crippen LogP contribution in [0.2, 0.25) is 0 Å². The van der Waals surface area contributed by atoms with Crippen molar-refractivity contribution in [3.8, 4) is 156 Å². The zero-order valence-corrected chi connectivity index (χ0v) is 82.6. The smallest absolute Gasteiger partial charge is 0.0886 e. The highest BCUT2D eigenvalue weighted by Gasteiger charge is 2.47. The number of rotatable bonds is 14. The van der Waals surface area contributed by atoms with Gasteiger partial charge >= 0.3 is 0 Å². The quantitative estimate of drug-likeness (QED) is 0.101. The fourth-order valence-corrected chi connectivity index (χ4v) is 24.2. The summed E-state index contributed by atoms with van der Waals surface area (Å²) in [6.07, 6.45) is 13.2. The molecule has 6 heterocycles. The van der Waals surface area contributed by atoms with E-state index in [4.69, 9.17) is 15.0 Å². The molecule has 0 saturated carbocycles. The molecule has 0 spiro atoms. The predicted molar refractivity (Wildman–Crippen MR) is 626 cm³/mol. The minimum Gasteiger partial charge on any atom is -0.264 e. The van der Waals surface area contributed by atoms with Crippen molar-refractivity contribution < 1.29 is 0 Å². The molecule has 0 unspecified atom stereocenters. The Morgan fingerprint density at radius 2 is 0.467 bits per heavy atom. The molecular weight excluding hydrogens is 1810 g/mol. The van der Waals surface area contributed by atoms with Gasteiger partial charge in [0.05, 0.1) is 33.9 Å². The van der Waals surface area contributed by atoms with Gasteiger partial charge in [-0.25, -0.2) is 0 Å². The summed E-state index contributed by atoms with van der Waals surface area (Å²) in [6, 6.07) is 183. The fraction of sp³-hybridized carbons (Fsp3) is 0.0278. The van der Waals surface area contributed by atoms with E-state index in [2.05, 4.69) is 484 Å². The molecule has 0 saturated heterocycles. The highest BCUT2D eigenvalue weighted by molar-refractivity contribution is 6.27. The van der Waals surface area contributed by atoms with E-state index in [-0.39, 0.29) is 5.41 Å². The first-order valence-electron chi connectivity index (χ1n) is 51.5. The summed E-state index contributed by atoms with van der Waals surface area (Å²) < 4.78 is 0. The van der Waals surface area contributed by atoms with Gasteiger partial charge in [-0.1, -0.05) is 432 Å². The highest BCUT2D eigenvalue weighted by Crippen LogP contribution is 2.60. The van der Waals surface area contributed by atoms with Gasteiger partial charge in [0.15, 0.2) is 0 Å². The van der Waals surface area contributed by atoms with E-state index in [1.54, 1.807) is 6.20 Å². The number of fused-ring (bicyclic) bond motifs is 14. The summed E-state index contributed by atoms with van der Waals surface area (Å²) in [6.45, 7) is 4.71. The van der Waals surface area contributed by atoms with Crippen LogP contribution in [0.4, 0.5) is 0 Å². The monoisotopic (exact) mass is 1910 g/mol. The summed E-state index contributed by atoms with van der Waals surface area (Å²) in [7, 11) is 0. The summed E-state index contributed by atoms with van der Waals surface area (Å²) >= 11 is 0. The topological polar surface area (TPSA) is 77.3 Å². The Morgan fingerprint density at radius 1 is 0.153 bits per heavy atom. The number of hydrogen-bond acceptors (Lipinski definition) is 6. The average Bonchev–Trinajstić information content (AvgIpc) is 1.54. The van der Waals surface area contributed by atoms with Gasteiger partial charge in [0.25, 0.3) is 0 Å². The fourth-order valence-electron chi connectivity index (χ4n) is 24.2. The van der Waals surface area contributed by atoms with Crippen molar-refractivity contribution in [1.29, 1.82) is 0 Å². The maximum absolute atomic E-state index is 4.87. The Balaban J connectivity index is 0.000000111. The zero-order valence-electron chi connectivity index (χ0n) is 82.6. The lowest BCUT2D eigenvalue weighted by Crippen LogP contribution is -2.28. The third-order valence-corrected chi connectivity index (χ3v) is 31.0. The van der Waals surface area contributed by atoms with E-state index in [1.165, 1.54) is 209 Å². The van der Waals surface area contributed by atoms with Gasteiger partial charge in [0.1, 0.15) is 0 Å². The molecule has 0 atom stereocenters. The molecule has 27 aromatic rings.